The first-order chi connectivity index (χ1) is 15.9. The second-order valence-electron chi connectivity index (χ2n) is 8.91. The van der Waals surface area contributed by atoms with Crippen molar-refractivity contribution in [1.82, 2.24) is 25.2 Å². The van der Waals surface area contributed by atoms with Crippen LogP contribution in [-0.2, 0) is 13.1 Å². The number of carbonyl (C=O) groups is 1. The Morgan fingerprint density at radius 1 is 1.12 bits per heavy atom. The number of aromatic nitrogens is 3. The predicted octanol–water partition coefficient (Wildman–Crippen LogP) is 4.71. The number of nitrogens with zero attached hydrogens (tertiary/aromatic N) is 4. The number of rotatable bonds is 7. The summed E-state index contributed by atoms with van der Waals surface area (Å²) in [6, 6.07) is 10.1. The summed E-state index contributed by atoms with van der Waals surface area (Å²) in [6.45, 7) is 8.17. The minimum Gasteiger partial charge on any atom is -0.348 e. The summed E-state index contributed by atoms with van der Waals surface area (Å²) in [5, 5.41) is 2.89. The molecule has 1 atom stereocenters. The van der Waals surface area contributed by atoms with Gasteiger partial charge in [0.2, 0.25) is 0 Å². The molecule has 33 heavy (non-hydrogen) atoms. The molecule has 2 aromatic heterocycles. The molecular formula is C26H30FN5O. The third-order valence-electron chi connectivity index (χ3n) is 6.05. The van der Waals surface area contributed by atoms with Gasteiger partial charge in [-0.1, -0.05) is 26.0 Å². The lowest BCUT2D eigenvalue weighted by Crippen LogP contribution is -2.26. The van der Waals surface area contributed by atoms with Gasteiger partial charge in [0.15, 0.2) is 0 Å². The summed E-state index contributed by atoms with van der Waals surface area (Å²) in [5.41, 5.74) is 4.20. The Bertz CT molecular complexity index is 1100. The molecule has 4 rings (SSSR count). The molecule has 6 nitrogen and oxygen atoms in total. The zero-order valence-electron chi connectivity index (χ0n) is 19.4. The molecule has 7 heteroatoms. The number of nitrogens with one attached hydrogen (secondary N) is 1. The van der Waals surface area contributed by atoms with Crippen LogP contribution in [0.15, 0.2) is 48.8 Å². The first-order valence-corrected chi connectivity index (χ1v) is 11.5. The van der Waals surface area contributed by atoms with Crippen LogP contribution in [0.25, 0.3) is 0 Å². The van der Waals surface area contributed by atoms with Crippen LogP contribution in [0.1, 0.15) is 77.3 Å². The molecule has 1 aliphatic rings. The van der Waals surface area contributed by atoms with Gasteiger partial charge in [0, 0.05) is 37.0 Å². The molecule has 1 saturated heterocycles. The highest BCUT2D eigenvalue weighted by atomic mass is 19.1. The van der Waals surface area contributed by atoms with E-state index >= 15 is 0 Å². The number of hydrogen-bond acceptors (Lipinski definition) is 5. The number of carbonyl (C=O) groups excluding carboxylic acids is 1. The molecule has 0 radical (unpaired) electrons. The molecule has 0 bridgehead atoms. The maximum Gasteiger partial charge on any atom is 0.253 e. The first kappa shape index (κ1) is 23.0. The van der Waals surface area contributed by atoms with Gasteiger partial charge in [-0.2, -0.15) is 0 Å². The van der Waals surface area contributed by atoms with Crippen LogP contribution in [0.3, 0.4) is 0 Å². The molecule has 0 unspecified atom stereocenters. The van der Waals surface area contributed by atoms with Crippen LogP contribution in [0.4, 0.5) is 4.39 Å². The summed E-state index contributed by atoms with van der Waals surface area (Å²) in [4.78, 5) is 28.8. The van der Waals surface area contributed by atoms with E-state index in [1.807, 2.05) is 31.5 Å². The highest BCUT2D eigenvalue weighted by Crippen LogP contribution is 2.32. The number of amides is 1. The molecule has 1 fully saturated rings. The smallest absolute Gasteiger partial charge is 0.253 e. The van der Waals surface area contributed by atoms with E-state index in [0.717, 1.165) is 48.6 Å². The molecule has 1 aromatic carbocycles. The van der Waals surface area contributed by atoms with Gasteiger partial charge < -0.3 is 5.32 Å². The summed E-state index contributed by atoms with van der Waals surface area (Å²) >= 11 is 0. The quantitative estimate of drug-likeness (QED) is 0.568. The van der Waals surface area contributed by atoms with Crippen molar-refractivity contribution in [3.05, 3.63) is 88.5 Å². The highest BCUT2D eigenvalue weighted by molar-refractivity contribution is 5.95. The van der Waals surface area contributed by atoms with Gasteiger partial charge in [-0.25, -0.2) is 14.4 Å². The lowest BCUT2D eigenvalue weighted by Gasteiger charge is -2.24. The largest absolute Gasteiger partial charge is 0.348 e. The maximum absolute atomic E-state index is 13.1. The molecule has 1 amide bonds. The van der Waals surface area contributed by atoms with Crippen molar-refractivity contribution in [3.8, 4) is 0 Å². The molecule has 172 valence electrons. The van der Waals surface area contributed by atoms with E-state index in [-0.39, 0.29) is 17.8 Å². The van der Waals surface area contributed by atoms with Crippen molar-refractivity contribution >= 4 is 5.91 Å². The second-order valence-corrected chi connectivity index (χ2v) is 8.91. The Balaban J connectivity index is 1.41. The fourth-order valence-corrected chi connectivity index (χ4v) is 4.22. The molecule has 0 saturated carbocycles. The van der Waals surface area contributed by atoms with E-state index < -0.39 is 0 Å². The number of aryl methyl sites for hydroxylation is 1. The maximum atomic E-state index is 13.1. The normalized spacial score (nSPS) is 16.3. The summed E-state index contributed by atoms with van der Waals surface area (Å²) in [7, 11) is 0. The molecule has 0 aliphatic carbocycles. The number of pyridine rings is 1. The van der Waals surface area contributed by atoms with Crippen molar-refractivity contribution in [2.75, 3.05) is 6.54 Å². The first-order valence-electron chi connectivity index (χ1n) is 11.5. The number of likely N-dealkylation sites (tertiary alicyclic amines) is 1. The summed E-state index contributed by atoms with van der Waals surface area (Å²) in [6.07, 6.45) is 5.99. The van der Waals surface area contributed by atoms with E-state index in [0.29, 0.717) is 23.7 Å². The van der Waals surface area contributed by atoms with Crippen LogP contribution < -0.4 is 5.32 Å². The van der Waals surface area contributed by atoms with Gasteiger partial charge in [-0.15, -0.1) is 0 Å². The fourth-order valence-electron chi connectivity index (χ4n) is 4.22. The van der Waals surface area contributed by atoms with Crippen LogP contribution >= 0.6 is 0 Å². The molecule has 0 spiro atoms. The minimum atomic E-state index is -0.290. The van der Waals surface area contributed by atoms with Gasteiger partial charge in [-0.3, -0.25) is 14.7 Å². The van der Waals surface area contributed by atoms with Crippen molar-refractivity contribution in [2.24, 2.45) is 0 Å². The van der Waals surface area contributed by atoms with Gasteiger partial charge in [0.1, 0.15) is 11.6 Å². The monoisotopic (exact) mass is 447 g/mol. The standard InChI is InChI=1S/C26H30FN5O/c1-17(2)25-28-14-20(15-29-25)16-32-12-4-5-24(32)23-11-10-22(18(3)31-23)26(33)30-13-19-6-8-21(27)9-7-19/h6-11,14-15,17,24H,4-5,12-13,16H2,1-3H3,(H,30,33)/t24-/m0/s1. The van der Waals surface area contributed by atoms with E-state index in [4.69, 9.17) is 4.98 Å². The second kappa shape index (κ2) is 10.2. The summed E-state index contributed by atoms with van der Waals surface area (Å²) < 4.78 is 13.1. The third-order valence-corrected chi connectivity index (χ3v) is 6.05. The van der Waals surface area contributed by atoms with Crippen LogP contribution in [0.5, 0.6) is 0 Å². The molecule has 3 aromatic rings. The lowest BCUT2D eigenvalue weighted by molar-refractivity contribution is 0.0949. The van der Waals surface area contributed by atoms with Crippen LogP contribution in [0, 0.1) is 12.7 Å². The Hall–Kier alpha value is -3.19. The Kier molecular flexibility index (Phi) is 7.08. The molecule has 1 aliphatic heterocycles. The lowest BCUT2D eigenvalue weighted by atomic mass is 10.1. The highest BCUT2D eigenvalue weighted by Gasteiger charge is 2.28. The van der Waals surface area contributed by atoms with Crippen LogP contribution in [-0.4, -0.2) is 32.3 Å². The zero-order valence-corrected chi connectivity index (χ0v) is 19.4. The zero-order chi connectivity index (χ0) is 23.4. The molecule has 1 N–H and O–H groups in total. The van der Waals surface area contributed by atoms with Gasteiger partial charge in [-0.05, 0) is 56.1 Å². The van der Waals surface area contributed by atoms with Gasteiger partial charge in [0.05, 0.1) is 23.0 Å². The average Bonchev–Trinajstić information content (AvgIpc) is 3.27. The average molecular weight is 448 g/mol. The van der Waals surface area contributed by atoms with E-state index in [9.17, 15) is 9.18 Å². The number of halogens is 1. The third kappa shape index (κ3) is 5.60. The van der Waals surface area contributed by atoms with Crippen molar-refractivity contribution < 1.29 is 9.18 Å². The Morgan fingerprint density at radius 3 is 2.52 bits per heavy atom. The number of hydrogen-bond donors (Lipinski definition) is 1. The minimum absolute atomic E-state index is 0.179. The Morgan fingerprint density at radius 2 is 1.85 bits per heavy atom. The van der Waals surface area contributed by atoms with E-state index in [1.54, 1.807) is 12.1 Å². The predicted molar refractivity (Wildman–Crippen MR) is 125 cm³/mol. The van der Waals surface area contributed by atoms with Gasteiger partial charge >= 0.3 is 0 Å². The fraction of sp³-hybridized carbons (Fsp3) is 0.385. The van der Waals surface area contributed by atoms with Gasteiger partial charge in [0.25, 0.3) is 5.91 Å². The van der Waals surface area contributed by atoms with E-state index in [1.165, 1.54) is 12.1 Å². The van der Waals surface area contributed by atoms with Crippen molar-refractivity contribution in [2.45, 2.75) is 58.7 Å². The number of benzene rings is 1. The van der Waals surface area contributed by atoms with E-state index in [2.05, 4.69) is 34.0 Å². The Labute approximate surface area is 194 Å². The summed E-state index contributed by atoms with van der Waals surface area (Å²) in [5.74, 6) is 0.711. The molecule has 3 heterocycles. The topological polar surface area (TPSA) is 71.0 Å². The SMILES string of the molecule is Cc1nc([C@@H]2CCCN2Cc2cnc(C(C)C)nc2)ccc1C(=O)NCc1ccc(F)cc1. The molecular weight excluding hydrogens is 417 g/mol. The van der Waals surface area contributed by atoms with Crippen molar-refractivity contribution in [1.29, 1.82) is 0 Å². The van der Waals surface area contributed by atoms with Crippen LogP contribution in [0.2, 0.25) is 0 Å². The van der Waals surface area contributed by atoms with Crippen molar-refractivity contribution in [3.63, 3.8) is 0 Å².